The standard InChI is InChI=1S/C12H15F3N2/c1-8-6-17(7-11(8)16)10-4-2-9(3-5-10)12(13,14)15/h2-5,8,11H,6-7,16H2,1H3. The molecule has 0 amide bonds. The number of halogens is 3. The topological polar surface area (TPSA) is 29.3 Å². The van der Waals surface area contributed by atoms with E-state index in [0.29, 0.717) is 12.5 Å². The summed E-state index contributed by atoms with van der Waals surface area (Å²) >= 11 is 0. The molecule has 0 radical (unpaired) electrons. The summed E-state index contributed by atoms with van der Waals surface area (Å²) < 4.78 is 37.2. The van der Waals surface area contributed by atoms with E-state index in [1.807, 2.05) is 4.90 Å². The maximum Gasteiger partial charge on any atom is 0.416 e. The number of hydrogen-bond donors (Lipinski definition) is 1. The molecule has 0 aromatic heterocycles. The summed E-state index contributed by atoms with van der Waals surface area (Å²) in [6, 6.07) is 5.34. The normalized spacial score (nSPS) is 25.4. The number of anilines is 1. The maximum absolute atomic E-state index is 12.4. The molecule has 17 heavy (non-hydrogen) atoms. The third kappa shape index (κ3) is 2.54. The fourth-order valence-electron chi connectivity index (χ4n) is 2.06. The highest BCUT2D eigenvalue weighted by atomic mass is 19.4. The Morgan fingerprint density at radius 2 is 1.76 bits per heavy atom. The van der Waals surface area contributed by atoms with Gasteiger partial charge in [-0.05, 0) is 30.2 Å². The van der Waals surface area contributed by atoms with Crippen LogP contribution in [0.25, 0.3) is 0 Å². The second-order valence-electron chi connectivity index (χ2n) is 4.59. The molecule has 2 atom stereocenters. The molecule has 0 spiro atoms. The predicted octanol–water partition coefficient (Wildman–Crippen LogP) is 2.49. The monoisotopic (exact) mass is 244 g/mol. The van der Waals surface area contributed by atoms with Gasteiger partial charge >= 0.3 is 6.18 Å². The molecule has 5 heteroatoms. The van der Waals surface area contributed by atoms with Crippen LogP contribution >= 0.6 is 0 Å². The van der Waals surface area contributed by atoms with Gasteiger partial charge in [0.15, 0.2) is 0 Å². The van der Waals surface area contributed by atoms with Crippen LogP contribution in [0.3, 0.4) is 0 Å². The molecule has 1 aliphatic rings. The number of rotatable bonds is 1. The fraction of sp³-hybridized carbons (Fsp3) is 0.500. The number of nitrogens with two attached hydrogens (primary N) is 1. The van der Waals surface area contributed by atoms with Crippen molar-refractivity contribution < 1.29 is 13.2 Å². The summed E-state index contributed by atoms with van der Waals surface area (Å²) in [6.45, 7) is 3.55. The first kappa shape index (κ1) is 12.2. The Bertz CT molecular complexity index is 376. The Hall–Kier alpha value is -1.23. The van der Waals surface area contributed by atoms with Crippen LogP contribution in [0.1, 0.15) is 12.5 Å². The van der Waals surface area contributed by atoms with Crippen molar-refractivity contribution in [2.24, 2.45) is 11.7 Å². The van der Waals surface area contributed by atoms with Gasteiger partial charge in [-0.1, -0.05) is 6.92 Å². The number of nitrogens with zero attached hydrogens (tertiary/aromatic N) is 1. The molecule has 1 aromatic carbocycles. The highest BCUT2D eigenvalue weighted by molar-refractivity contribution is 5.49. The zero-order valence-corrected chi connectivity index (χ0v) is 9.54. The van der Waals surface area contributed by atoms with Gasteiger partial charge in [-0.2, -0.15) is 13.2 Å². The number of benzene rings is 1. The van der Waals surface area contributed by atoms with E-state index in [-0.39, 0.29) is 6.04 Å². The summed E-state index contributed by atoms with van der Waals surface area (Å²) in [4.78, 5) is 2.02. The van der Waals surface area contributed by atoms with Crippen LogP contribution < -0.4 is 10.6 Å². The van der Waals surface area contributed by atoms with Crippen molar-refractivity contribution >= 4 is 5.69 Å². The van der Waals surface area contributed by atoms with E-state index in [4.69, 9.17) is 5.73 Å². The van der Waals surface area contributed by atoms with Gasteiger partial charge in [0, 0.05) is 24.8 Å². The van der Waals surface area contributed by atoms with Crippen molar-refractivity contribution in [3.63, 3.8) is 0 Å². The Morgan fingerprint density at radius 3 is 2.18 bits per heavy atom. The van der Waals surface area contributed by atoms with E-state index in [9.17, 15) is 13.2 Å². The predicted molar refractivity (Wildman–Crippen MR) is 60.8 cm³/mol. The zero-order valence-electron chi connectivity index (χ0n) is 9.54. The first-order valence-electron chi connectivity index (χ1n) is 5.55. The molecule has 1 fully saturated rings. The first-order chi connectivity index (χ1) is 7.88. The van der Waals surface area contributed by atoms with Gasteiger partial charge in [0.2, 0.25) is 0 Å². The highest BCUT2D eigenvalue weighted by Gasteiger charge is 2.31. The van der Waals surface area contributed by atoms with Crippen molar-refractivity contribution in [2.45, 2.75) is 19.1 Å². The van der Waals surface area contributed by atoms with Crippen LogP contribution in [0.15, 0.2) is 24.3 Å². The van der Waals surface area contributed by atoms with E-state index >= 15 is 0 Å². The molecule has 2 N–H and O–H groups in total. The van der Waals surface area contributed by atoms with Crippen LogP contribution in [0.5, 0.6) is 0 Å². The smallest absolute Gasteiger partial charge is 0.370 e. The van der Waals surface area contributed by atoms with E-state index < -0.39 is 11.7 Å². The van der Waals surface area contributed by atoms with Crippen molar-refractivity contribution in [2.75, 3.05) is 18.0 Å². The number of alkyl halides is 3. The average molecular weight is 244 g/mol. The summed E-state index contributed by atoms with van der Waals surface area (Å²) in [5.41, 5.74) is 6.07. The lowest BCUT2D eigenvalue weighted by Gasteiger charge is -2.18. The fourth-order valence-corrected chi connectivity index (χ4v) is 2.06. The van der Waals surface area contributed by atoms with Gasteiger partial charge in [0.05, 0.1) is 5.56 Å². The van der Waals surface area contributed by atoms with Gasteiger partial charge in [-0.25, -0.2) is 0 Å². The lowest BCUT2D eigenvalue weighted by Crippen LogP contribution is -2.28. The lowest BCUT2D eigenvalue weighted by molar-refractivity contribution is -0.137. The van der Waals surface area contributed by atoms with Gasteiger partial charge in [-0.15, -0.1) is 0 Å². The Kier molecular flexibility index (Phi) is 3.03. The third-order valence-corrected chi connectivity index (χ3v) is 3.23. The second kappa shape index (κ2) is 4.22. The highest BCUT2D eigenvalue weighted by Crippen LogP contribution is 2.31. The maximum atomic E-state index is 12.4. The average Bonchev–Trinajstić information content (AvgIpc) is 2.58. The van der Waals surface area contributed by atoms with Crippen LogP contribution in [0.4, 0.5) is 18.9 Å². The molecule has 0 saturated carbocycles. The van der Waals surface area contributed by atoms with Crippen molar-refractivity contribution in [3.05, 3.63) is 29.8 Å². The van der Waals surface area contributed by atoms with Crippen LogP contribution in [-0.2, 0) is 6.18 Å². The molecule has 0 aliphatic carbocycles. The molecule has 1 heterocycles. The molecule has 2 rings (SSSR count). The molecular weight excluding hydrogens is 229 g/mol. The van der Waals surface area contributed by atoms with Crippen LogP contribution in [-0.4, -0.2) is 19.1 Å². The van der Waals surface area contributed by atoms with Gasteiger partial charge < -0.3 is 10.6 Å². The molecule has 1 saturated heterocycles. The Morgan fingerprint density at radius 1 is 1.18 bits per heavy atom. The third-order valence-electron chi connectivity index (χ3n) is 3.23. The van der Waals surface area contributed by atoms with E-state index in [1.165, 1.54) is 12.1 Å². The van der Waals surface area contributed by atoms with Crippen molar-refractivity contribution in [1.82, 2.24) is 0 Å². The quantitative estimate of drug-likeness (QED) is 0.822. The molecule has 1 aliphatic heterocycles. The van der Waals surface area contributed by atoms with Crippen molar-refractivity contribution in [3.8, 4) is 0 Å². The van der Waals surface area contributed by atoms with Crippen LogP contribution in [0.2, 0.25) is 0 Å². The van der Waals surface area contributed by atoms with E-state index in [2.05, 4.69) is 6.92 Å². The number of hydrogen-bond acceptors (Lipinski definition) is 2. The van der Waals surface area contributed by atoms with E-state index in [0.717, 1.165) is 24.4 Å². The molecule has 2 unspecified atom stereocenters. The van der Waals surface area contributed by atoms with Gasteiger partial charge in [-0.3, -0.25) is 0 Å². The summed E-state index contributed by atoms with van der Waals surface area (Å²) in [5, 5.41) is 0. The lowest BCUT2D eigenvalue weighted by atomic mass is 10.1. The Labute approximate surface area is 98.2 Å². The summed E-state index contributed by atoms with van der Waals surface area (Å²) in [5.74, 6) is 0.372. The molecule has 1 aromatic rings. The van der Waals surface area contributed by atoms with E-state index in [1.54, 1.807) is 0 Å². The van der Waals surface area contributed by atoms with Gasteiger partial charge in [0.25, 0.3) is 0 Å². The molecule has 0 bridgehead atoms. The molecule has 2 nitrogen and oxygen atoms in total. The molecule has 94 valence electrons. The summed E-state index contributed by atoms with van der Waals surface area (Å²) in [6.07, 6.45) is -4.27. The van der Waals surface area contributed by atoms with Gasteiger partial charge in [0.1, 0.15) is 0 Å². The molecular formula is C12H15F3N2. The second-order valence-corrected chi connectivity index (χ2v) is 4.59. The van der Waals surface area contributed by atoms with Crippen molar-refractivity contribution in [1.29, 1.82) is 0 Å². The zero-order chi connectivity index (χ0) is 12.6. The first-order valence-corrected chi connectivity index (χ1v) is 5.55. The minimum absolute atomic E-state index is 0.0947. The Balaban J connectivity index is 2.14. The minimum atomic E-state index is -4.27. The summed E-state index contributed by atoms with van der Waals surface area (Å²) in [7, 11) is 0. The SMILES string of the molecule is CC1CN(c2ccc(C(F)(F)F)cc2)CC1N. The van der Waals surface area contributed by atoms with Crippen LogP contribution in [0, 0.1) is 5.92 Å². The minimum Gasteiger partial charge on any atom is -0.370 e. The largest absolute Gasteiger partial charge is 0.416 e.